The predicted molar refractivity (Wildman–Crippen MR) is 81.4 cm³/mol. The van der Waals surface area contributed by atoms with Gasteiger partial charge in [0.05, 0.1) is 0 Å². The van der Waals surface area contributed by atoms with Crippen molar-refractivity contribution in [2.24, 2.45) is 0 Å². The quantitative estimate of drug-likeness (QED) is 0.699. The summed E-state index contributed by atoms with van der Waals surface area (Å²) >= 11 is 0. The van der Waals surface area contributed by atoms with Crippen molar-refractivity contribution in [2.45, 2.75) is 26.2 Å². The van der Waals surface area contributed by atoms with E-state index in [1.165, 1.54) is 0 Å². The van der Waals surface area contributed by atoms with Crippen LogP contribution < -0.4 is 10.4 Å². The molecule has 0 aliphatic carbocycles. The van der Waals surface area contributed by atoms with Crippen LogP contribution in [-0.4, -0.2) is 22.5 Å². The van der Waals surface area contributed by atoms with Gasteiger partial charge in [0.15, 0.2) is 11.4 Å². The highest BCUT2D eigenvalue weighted by Crippen LogP contribution is 2.31. The molecule has 6 heteroatoms. The molecule has 0 aliphatic heterocycles. The molecule has 2 aromatic heterocycles. The number of fused-ring (bicyclic) bond motifs is 3. The van der Waals surface area contributed by atoms with Crippen molar-refractivity contribution in [2.75, 3.05) is 11.9 Å². The molecule has 0 atom stereocenters. The molecule has 0 spiro atoms. The van der Waals surface area contributed by atoms with Gasteiger partial charge in [-0.3, -0.25) is 0 Å². The van der Waals surface area contributed by atoms with Gasteiger partial charge in [0.1, 0.15) is 16.9 Å². The maximum atomic E-state index is 10.5. The van der Waals surface area contributed by atoms with Crippen LogP contribution in [0.4, 0.5) is 5.82 Å². The molecule has 0 aliphatic rings. The maximum Gasteiger partial charge on any atom is 0.196 e. The Morgan fingerprint density at radius 1 is 1.32 bits per heavy atom. The summed E-state index contributed by atoms with van der Waals surface area (Å²) in [7, 11) is 0. The summed E-state index contributed by atoms with van der Waals surface area (Å²) in [6, 6.07) is 7.71. The number of aryl methyl sites for hydroxylation is 1. The normalized spacial score (nSPS) is 11.1. The third-order valence-electron chi connectivity index (χ3n) is 3.43. The van der Waals surface area contributed by atoms with Crippen LogP contribution in [0.3, 0.4) is 0 Å². The Hall–Kier alpha value is -2.63. The summed E-state index contributed by atoms with van der Waals surface area (Å²) < 4.78 is 5.85. The fourth-order valence-electron chi connectivity index (χ4n) is 2.35. The van der Waals surface area contributed by atoms with Crippen LogP contribution in [0, 0.1) is 0 Å². The number of carboxylic acid groups (broad SMARTS) is 1. The van der Waals surface area contributed by atoms with Gasteiger partial charge in [0.25, 0.3) is 0 Å². The minimum atomic E-state index is -1.05. The van der Waals surface area contributed by atoms with Crippen LogP contribution in [0.15, 0.2) is 28.7 Å². The van der Waals surface area contributed by atoms with E-state index in [1.54, 1.807) is 0 Å². The number of benzene rings is 1. The molecule has 114 valence electrons. The molecule has 0 bridgehead atoms. The highest BCUT2D eigenvalue weighted by atomic mass is 16.4. The molecule has 0 amide bonds. The number of nitrogens with one attached hydrogen (secondary N) is 1. The lowest BCUT2D eigenvalue weighted by molar-refractivity contribution is -0.305. The fraction of sp³-hybridized carbons (Fsp3) is 0.312. The fourth-order valence-corrected chi connectivity index (χ4v) is 2.35. The lowest BCUT2D eigenvalue weighted by Gasteiger charge is -2.07. The van der Waals surface area contributed by atoms with Gasteiger partial charge in [-0.25, -0.2) is 9.97 Å². The number of carbonyl (C=O) groups is 1. The van der Waals surface area contributed by atoms with E-state index >= 15 is 0 Å². The summed E-state index contributed by atoms with van der Waals surface area (Å²) in [5, 5.41) is 14.6. The average molecular weight is 298 g/mol. The van der Waals surface area contributed by atoms with E-state index in [1.807, 2.05) is 31.2 Å². The molecule has 1 N–H and O–H groups in total. The van der Waals surface area contributed by atoms with Crippen LogP contribution in [0.2, 0.25) is 0 Å². The molecule has 3 rings (SSSR count). The zero-order valence-corrected chi connectivity index (χ0v) is 12.3. The molecule has 0 radical (unpaired) electrons. The molecule has 1 aromatic carbocycles. The molecular weight excluding hydrogens is 282 g/mol. The molecule has 22 heavy (non-hydrogen) atoms. The Kier molecular flexibility index (Phi) is 3.91. The number of para-hydroxylation sites is 1. The number of aromatic nitrogens is 2. The zero-order valence-electron chi connectivity index (χ0n) is 12.3. The second-order valence-corrected chi connectivity index (χ2v) is 5.02. The van der Waals surface area contributed by atoms with Crippen molar-refractivity contribution in [1.82, 2.24) is 9.97 Å². The third-order valence-corrected chi connectivity index (χ3v) is 3.43. The van der Waals surface area contributed by atoms with Gasteiger partial charge >= 0.3 is 0 Å². The van der Waals surface area contributed by atoms with E-state index < -0.39 is 5.97 Å². The third kappa shape index (κ3) is 2.72. The molecule has 6 nitrogen and oxygen atoms in total. The first-order valence-corrected chi connectivity index (χ1v) is 7.31. The van der Waals surface area contributed by atoms with Crippen LogP contribution in [-0.2, 0) is 11.2 Å². The minimum Gasteiger partial charge on any atom is -0.550 e. The summed E-state index contributed by atoms with van der Waals surface area (Å²) in [5.41, 5.74) is 2.15. The summed E-state index contributed by atoms with van der Waals surface area (Å²) in [6.45, 7) is 2.48. The molecule has 0 fully saturated rings. The number of hydrogen-bond acceptors (Lipinski definition) is 6. The van der Waals surface area contributed by atoms with E-state index in [-0.39, 0.29) is 6.42 Å². The monoisotopic (exact) mass is 298 g/mol. The SMILES string of the molecule is CCc1nc(NCCCC(=O)[O-])c2oc3ccccc3c2n1. The molecule has 0 saturated heterocycles. The standard InChI is InChI=1S/C16H17N3O3/c1-2-12-18-14-10-6-3-4-7-11(10)22-15(14)16(19-12)17-9-5-8-13(20)21/h3-4,6-7H,2,5,8-9H2,1H3,(H,20,21)(H,17,18,19)/p-1. The number of carboxylic acids is 1. The van der Waals surface area contributed by atoms with Crippen molar-refractivity contribution in [3.8, 4) is 0 Å². The van der Waals surface area contributed by atoms with E-state index in [4.69, 9.17) is 4.42 Å². The van der Waals surface area contributed by atoms with E-state index in [2.05, 4.69) is 15.3 Å². The van der Waals surface area contributed by atoms with E-state index in [0.717, 1.165) is 22.3 Å². The molecule has 0 unspecified atom stereocenters. The number of nitrogens with zero attached hydrogens (tertiary/aromatic N) is 2. The van der Waals surface area contributed by atoms with Gasteiger partial charge in [-0.2, -0.15) is 0 Å². The first-order chi connectivity index (χ1) is 10.7. The van der Waals surface area contributed by atoms with Crippen molar-refractivity contribution in [3.05, 3.63) is 30.1 Å². The first-order valence-electron chi connectivity index (χ1n) is 7.31. The lowest BCUT2D eigenvalue weighted by Crippen LogP contribution is -2.22. The molecular formula is C16H16N3O3-. The summed E-state index contributed by atoms with van der Waals surface area (Å²) in [6.07, 6.45) is 1.20. The average Bonchev–Trinajstić information content (AvgIpc) is 2.90. The second-order valence-electron chi connectivity index (χ2n) is 5.02. The maximum absolute atomic E-state index is 10.5. The van der Waals surface area contributed by atoms with Crippen molar-refractivity contribution >= 4 is 33.9 Å². The van der Waals surface area contributed by atoms with Crippen molar-refractivity contribution in [3.63, 3.8) is 0 Å². The Morgan fingerprint density at radius 2 is 2.14 bits per heavy atom. The Bertz CT molecular complexity index is 826. The topological polar surface area (TPSA) is 91.1 Å². The Morgan fingerprint density at radius 3 is 2.91 bits per heavy atom. The number of furan rings is 1. The molecule has 3 aromatic rings. The second kappa shape index (κ2) is 6.01. The van der Waals surface area contributed by atoms with Crippen LogP contribution in [0.1, 0.15) is 25.6 Å². The largest absolute Gasteiger partial charge is 0.550 e. The van der Waals surface area contributed by atoms with Crippen LogP contribution >= 0.6 is 0 Å². The highest BCUT2D eigenvalue weighted by Gasteiger charge is 2.14. The van der Waals surface area contributed by atoms with Gasteiger partial charge in [-0.1, -0.05) is 19.1 Å². The number of hydrogen-bond donors (Lipinski definition) is 1. The number of rotatable bonds is 6. The molecule has 2 heterocycles. The smallest absolute Gasteiger partial charge is 0.196 e. The van der Waals surface area contributed by atoms with Gasteiger partial charge < -0.3 is 19.6 Å². The van der Waals surface area contributed by atoms with Crippen LogP contribution in [0.5, 0.6) is 0 Å². The zero-order chi connectivity index (χ0) is 15.5. The Labute approximate surface area is 127 Å². The van der Waals surface area contributed by atoms with Crippen LogP contribution in [0.25, 0.3) is 22.1 Å². The lowest BCUT2D eigenvalue weighted by atomic mass is 10.2. The minimum absolute atomic E-state index is 0.0159. The van der Waals surface area contributed by atoms with Gasteiger partial charge in [0.2, 0.25) is 0 Å². The highest BCUT2D eigenvalue weighted by molar-refractivity contribution is 6.05. The van der Waals surface area contributed by atoms with E-state index in [9.17, 15) is 9.90 Å². The van der Waals surface area contributed by atoms with Gasteiger partial charge in [0, 0.05) is 24.3 Å². The predicted octanol–water partition coefficient (Wildman–Crippen LogP) is 1.88. The number of carbonyl (C=O) groups excluding carboxylic acids is 1. The van der Waals surface area contributed by atoms with Crippen molar-refractivity contribution < 1.29 is 14.3 Å². The number of aliphatic carboxylic acids is 1. The van der Waals surface area contributed by atoms with Gasteiger partial charge in [-0.15, -0.1) is 0 Å². The van der Waals surface area contributed by atoms with Crippen molar-refractivity contribution in [1.29, 1.82) is 0 Å². The Balaban J connectivity index is 1.98. The molecule has 0 saturated carbocycles. The summed E-state index contributed by atoms with van der Waals surface area (Å²) in [4.78, 5) is 19.5. The number of anilines is 1. The first kappa shape index (κ1) is 14.3. The van der Waals surface area contributed by atoms with E-state index in [0.29, 0.717) is 30.8 Å². The van der Waals surface area contributed by atoms with Gasteiger partial charge in [-0.05, 0) is 25.0 Å². The summed E-state index contributed by atoms with van der Waals surface area (Å²) in [5.74, 6) is 0.283.